The highest BCUT2D eigenvalue weighted by molar-refractivity contribution is 5.79. The summed E-state index contributed by atoms with van der Waals surface area (Å²) in [7, 11) is 0. The molecule has 0 heterocycles. The highest BCUT2D eigenvalue weighted by atomic mass is 16.5. The quantitative estimate of drug-likeness (QED) is 0.793. The third-order valence-electron chi connectivity index (χ3n) is 3.94. The lowest BCUT2D eigenvalue weighted by Gasteiger charge is -2.13. The van der Waals surface area contributed by atoms with Crippen molar-refractivity contribution in [2.45, 2.75) is 32.8 Å². The Bertz CT molecular complexity index is 669. The van der Waals surface area contributed by atoms with Gasteiger partial charge in [-0.1, -0.05) is 30.3 Å². The molecule has 0 saturated heterocycles. The SMILES string of the molecule is Cc1cccc(C)c1COc1ccc(C(CC=O)C(=O)O)cc1. The molecule has 0 aromatic heterocycles. The van der Waals surface area contributed by atoms with Crippen LogP contribution < -0.4 is 4.74 Å². The van der Waals surface area contributed by atoms with Crippen molar-refractivity contribution in [1.29, 1.82) is 0 Å². The van der Waals surface area contributed by atoms with Gasteiger partial charge in [0.1, 0.15) is 18.6 Å². The zero-order valence-electron chi connectivity index (χ0n) is 13.3. The number of carboxylic acids is 1. The van der Waals surface area contributed by atoms with Gasteiger partial charge in [-0.3, -0.25) is 4.79 Å². The average Bonchev–Trinajstić information content (AvgIpc) is 2.52. The Hall–Kier alpha value is -2.62. The summed E-state index contributed by atoms with van der Waals surface area (Å²) >= 11 is 0. The fourth-order valence-corrected chi connectivity index (χ4v) is 2.50. The normalized spacial score (nSPS) is 11.7. The van der Waals surface area contributed by atoms with Crippen LogP contribution in [0.1, 0.15) is 34.6 Å². The molecular weight excluding hydrogens is 292 g/mol. The molecule has 2 rings (SSSR count). The van der Waals surface area contributed by atoms with Crippen LogP contribution in [0.25, 0.3) is 0 Å². The lowest BCUT2D eigenvalue weighted by molar-refractivity contribution is -0.139. The maximum atomic E-state index is 11.2. The second-order valence-corrected chi connectivity index (χ2v) is 5.52. The summed E-state index contributed by atoms with van der Waals surface area (Å²) < 4.78 is 5.79. The summed E-state index contributed by atoms with van der Waals surface area (Å²) in [6, 6.07) is 13.0. The topological polar surface area (TPSA) is 63.6 Å². The molecule has 0 bridgehead atoms. The van der Waals surface area contributed by atoms with Gasteiger partial charge in [-0.05, 0) is 48.2 Å². The van der Waals surface area contributed by atoms with Crippen molar-refractivity contribution >= 4 is 12.3 Å². The Balaban J connectivity index is 2.08. The predicted octanol–water partition coefficient (Wildman–Crippen LogP) is 3.64. The number of carboxylic acid groups (broad SMARTS) is 1. The molecule has 1 N–H and O–H groups in total. The first-order chi connectivity index (χ1) is 11.0. The van der Waals surface area contributed by atoms with Gasteiger partial charge in [-0.25, -0.2) is 0 Å². The number of ether oxygens (including phenoxy) is 1. The highest BCUT2D eigenvalue weighted by Gasteiger charge is 2.19. The van der Waals surface area contributed by atoms with E-state index in [2.05, 4.69) is 0 Å². The molecule has 0 saturated carbocycles. The number of aryl methyl sites for hydroxylation is 2. The van der Waals surface area contributed by atoms with Crippen LogP contribution in [0.5, 0.6) is 5.75 Å². The van der Waals surface area contributed by atoms with E-state index in [-0.39, 0.29) is 6.42 Å². The molecule has 2 aromatic rings. The van der Waals surface area contributed by atoms with E-state index in [1.807, 2.05) is 32.0 Å². The van der Waals surface area contributed by atoms with Crippen LogP contribution in [0.15, 0.2) is 42.5 Å². The molecule has 4 nitrogen and oxygen atoms in total. The summed E-state index contributed by atoms with van der Waals surface area (Å²) in [5.74, 6) is -1.13. The van der Waals surface area contributed by atoms with Gasteiger partial charge in [0.05, 0.1) is 5.92 Å². The first-order valence-electron chi connectivity index (χ1n) is 7.47. The van der Waals surface area contributed by atoms with Crippen LogP contribution in [0.2, 0.25) is 0 Å². The standard InChI is InChI=1S/C19H20O4/c1-13-4-3-5-14(2)18(13)12-23-16-8-6-15(7-9-16)17(10-11-20)19(21)22/h3-9,11,17H,10,12H2,1-2H3,(H,21,22). The van der Waals surface area contributed by atoms with E-state index < -0.39 is 11.9 Å². The van der Waals surface area contributed by atoms with E-state index in [1.165, 1.54) is 11.1 Å². The van der Waals surface area contributed by atoms with Crippen molar-refractivity contribution < 1.29 is 19.4 Å². The summed E-state index contributed by atoms with van der Waals surface area (Å²) in [6.07, 6.45) is 0.599. The molecule has 4 heteroatoms. The van der Waals surface area contributed by atoms with Crippen LogP contribution >= 0.6 is 0 Å². The van der Waals surface area contributed by atoms with Crippen LogP contribution in [-0.4, -0.2) is 17.4 Å². The molecule has 120 valence electrons. The molecule has 0 aliphatic rings. The second kappa shape index (κ2) is 7.58. The molecule has 0 spiro atoms. The first-order valence-corrected chi connectivity index (χ1v) is 7.47. The van der Waals surface area contributed by atoms with Gasteiger partial charge in [0.25, 0.3) is 0 Å². The molecule has 1 unspecified atom stereocenters. The van der Waals surface area contributed by atoms with E-state index in [4.69, 9.17) is 9.84 Å². The van der Waals surface area contributed by atoms with Crippen LogP contribution in [0.4, 0.5) is 0 Å². The zero-order valence-corrected chi connectivity index (χ0v) is 13.3. The van der Waals surface area contributed by atoms with Gasteiger partial charge in [0.2, 0.25) is 0 Å². The van der Waals surface area contributed by atoms with Crippen molar-refractivity contribution in [3.8, 4) is 5.75 Å². The van der Waals surface area contributed by atoms with Crippen molar-refractivity contribution in [3.05, 3.63) is 64.7 Å². The van der Waals surface area contributed by atoms with Gasteiger partial charge < -0.3 is 14.6 Å². The Labute approximate surface area is 135 Å². The minimum absolute atomic E-state index is 0.0298. The average molecular weight is 312 g/mol. The predicted molar refractivity (Wildman–Crippen MR) is 87.7 cm³/mol. The Kier molecular flexibility index (Phi) is 5.52. The number of hydrogen-bond acceptors (Lipinski definition) is 3. The zero-order chi connectivity index (χ0) is 16.8. The van der Waals surface area contributed by atoms with Gasteiger partial charge in [-0.15, -0.1) is 0 Å². The number of benzene rings is 2. The summed E-state index contributed by atoms with van der Waals surface area (Å²) in [6.45, 7) is 4.56. The van der Waals surface area contributed by atoms with Crippen molar-refractivity contribution in [2.75, 3.05) is 0 Å². The van der Waals surface area contributed by atoms with Crippen LogP contribution in [0, 0.1) is 13.8 Å². The fourth-order valence-electron chi connectivity index (χ4n) is 2.50. The summed E-state index contributed by atoms with van der Waals surface area (Å²) in [5, 5.41) is 9.15. The Morgan fingerprint density at radius 1 is 1.13 bits per heavy atom. The molecule has 0 radical (unpaired) electrons. The monoisotopic (exact) mass is 312 g/mol. The van der Waals surface area contributed by atoms with Gasteiger partial charge in [0.15, 0.2) is 0 Å². The largest absolute Gasteiger partial charge is 0.489 e. The summed E-state index contributed by atoms with van der Waals surface area (Å²) in [5.41, 5.74) is 4.11. The smallest absolute Gasteiger partial charge is 0.311 e. The summed E-state index contributed by atoms with van der Waals surface area (Å²) in [4.78, 5) is 21.8. The molecule has 0 aliphatic carbocycles. The van der Waals surface area contributed by atoms with Crippen molar-refractivity contribution in [3.63, 3.8) is 0 Å². The Morgan fingerprint density at radius 2 is 1.74 bits per heavy atom. The van der Waals surface area contributed by atoms with E-state index in [0.717, 1.165) is 5.56 Å². The molecule has 2 aromatic carbocycles. The molecular formula is C19H20O4. The molecule has 1 atom stereocenters. The van der Waals surface area contributed by atoms with Gasteiger partial charge in [0, 0.05) is 6.42 Å². The number of hydrogen-bond donors (Lipinski definition) is 1. The number of aliphatic carboxylic acids is 1. The minimum Gasteiger partial charge on any atom is -0.489 e. The van der Waals surface area contributed by atoms with Crippen molar-refractivity contribution in [2.24, 2.45) is 0 Å². The van der Waals surface area contributed by atoms with E-state index in [1.54, 1.807) is 24.3 Å². The van der Waals surface area contributed by atoms with Crippen molar-refractivity contribution in [1.82, 2.24) is 0 Å². The number of carbonyl (C=O) groups is 2. The highest BCUT2D eigenvalue weighted by Crippen LogP contribution is 2.23. The lowest BCUT2D eigenvalue weighted by atomic mass is 9.96. The van der Waals surface area contributed by atoms with Crippen LogP contribution in [-0.2, 0) is 16.2 Å². The first kappa shape index (κ1) is 16.7. The fraction of sp³-hybridized carbons (Fsp3) is 0.263. The van der Waals surface area contributed by atoms with E-state index >= 15 is 0 Å². The van der Waals surface area contributed by atoms with Gasteiger partial charge in [-0.2, -0.15) is 0 Å². The molecule has 23 heavy (non-hydrogen) atoms. The van der Waals surface area contributed by atoms with E-state index in [9.17, 15) is 9.59 Å². The lowest BCUT2D eigenvalue weighted by Crippen LogP contribution is -2.12. The maximum Gasteiger partial charge on any atom is 0.311 e. The maximum absolute atomic E-state index is 11.2. The van der Waals surface area contributed by atoms with Crippen LogP contribution in [0.3, 0.4) is 0 Å². The third-order valence-corrected chi connectivity index (χ3v) is 3.94. The van der Waals surface area contributed by atoms with E-state index in [0.29, 0.717) is 24.2 Å². The number of carbonyl (C=O) groups excluding carboxylic acids is 1. The molecule has 0 aliphatic heterocycles. The second-order valence-electron chi connectivity index (χ2n) is 5.52. The minimum atomic E-state index is -0.999. The molecule has 0 fully saturated rings. The van der Waals surface area contributed by atoms with Gasteiger partial charge >= 0.3 is 5.97 Å². The molecule has 0 amide bonds. The Morgan fingerprint density at radius 3 is 2.26 bits per heavy atom. The third kappa shape index (κ3) is 4.19. The number of rotatable bonds is 7. The number of aldehydes is 1.